The van der Waals surface area contributed by atoms with E-state index in [1.54, 1.807) is 0 Å². The summed E-state index contributed by atoms with van der Waals surface area (Å²) >= 11 is 0. The number of likely N-dealkylation sites (N-methyl/N-ethyl adjacent to an activating group) is 1. The van der Waals surface area contributed by atoms with Crippen LogP contribution < -0.4 is 5.32 Å². The fourth-order valence-corrected chi connectivity index (χ4v) is 4.52. The van der Waals surface area contributed by atoms with Crippen LogP contribution in [0.4, 0.5) is 0 Å². The Labute approximate surface area is 122 Å². The average molecular weight is 279 g/mol. The summed E-state index contributed by atoms with van der Waals surface area (Å²) in [5.74, 6) is 2.82. The maximum atomic E-state index is 12.2. The van der Waals surface area contributed by atoms with Gasteiger partial charge in [0.05, 0.1) is 6.54 Å². The molecule has 2 saturated carbocycles. The van der Waals surface area contributed by atoms with E-state index in [0.29, 0.717) is 12.6 Å². The Morgan fingerprint density at radius 3 is 2.55 bits per heavy atom. The predicted molar refractivity (Wildman–Crippen MR) is 80.5 cm³/mol. The number of hydrogen-bond acceptors (Lipinski definition) is 3. The third kappa shape index (κ3) is 3.17. The van der Waals surface area contributed by atoms with Crippen molar-refractivity contribution in [1.29, 1.82) is 0 Å². The molecule has 20 heavy (non-hydrogen) atoms. The zero-order valence-electron chi connectivity index (χ0n) is 13.0. The first-order chi connectivity index (χ1) is 9.61. The van der Waals surface area contributed by atoms with E-state index in [-0.39, 0.29) is 5.91 Å². The van der Waals surface area contributed by atoms with Crippen molar-refractivity contribution < 1.29 is 4.79 Å². The van der Waals surface area contributed by atoms with Gasteiger partial charge >= 0.3 is 0 Å². The highest BCUT2D eigenvalue weighted by Crippen LogP contribution is 2.49. The number of hydrogen-bond donors (Lipinski definition) is 1. The van der Waals surface area contributed by atoms with Crippen LogP contribution in [0.5, 0.6) is 0 Å². The van der Waals surface area contributed by atoms with Crippen LogP contribution in [0.1, 0.15) is 32.6 Å². The number of piperazine rings is 1. The highest BCUT2D eigenvalue weighted by Gasteiger charge is 2.42. The molecular weight excluding hydrogens is 250 g/mol. The molecule has 0 radical (unpaired) electrons. The second kappa shape index (κ2) is 6.02. The van der Waals surface area contributed by atoms with E-state index in [2.05, 4.69) is 29.1 Å². The van der Waals surface area contributed by atoms with Crippen LogP contribution in [0.15, 0.2) is 0 Å². The van der Waals surface area contributed by atoms with Gasteiger partial charge in [-0.05, 0) is 51.0 Å². The molecule has 4 nitrogen and oxygen atoms in total. The van der Waals surface area contributed by atoms with E-state index in [1.807, 2.05) is 0 Å². The van der Waals surface area contributed by atoms with Crippen molar-refractivity contribution in [1.82, 2.24) is 15.1 Å². The normalized spacial score (nSPS) is 36.2. The van der Waals surface area contributed by atoms with Crippen LogP contribution in [0, 0.1) is 17.8 Å². The van der Waals surface area contributed by atoms with Gasteiger partial charge in [-0.3, -0.25) is 9.69 Å². The Kier molecular flexibility index (Phi) is 4.32. The minimum atomic E-state index is 0.227. The first-order valence-electron chi connectivity index (χ1n) is 8.32. The lowest BCUT2D eigenvalue weighted by atomic mass is 9.84. The van der Waals surface area contributed by atoms with E-state index in [1.165, 1.54) is 25.7 Å². The quantitative estimate of drug-likeness (QED) is 0.839. The van der Waals surface area contributed by atoms with Gasteiger partial charge in [0.1, 0.15) is 0 Å². The van der Waals surface area contributed by atoms with Crippen LogP contribution >= 0.6 is 0 Å². The highest BCUT2D eigenvalue weighted by molar-refractivity contribution is 5.78. The van der Waals surface area contributed by atoms with Crippen LogP contribution in [-0.2, 0) is 4.79 Å². The maximum absolute atomic E-state index is 12.2. The summed E-state index contributed by atoms with van der Waals surface area (Å²) in [7, 11) is 2.15. The standard InChI is InChI=1S/C16H29N3O/c1-12(15-10-13-3-4-14(15)9-13)17-16(20)11-19-7-5-18(2)6-8-19/h12-15H,3-11H2,1-2H3,(H,17,20)/t12-,13+,14+,15-/m1/s1. The van der Waals surface area contributed by atoms with Crippen molar-refractivity contribution in [2.75, 3.05) is 39.8 Å². The predicted octanol–water partition coefficient (Wildman–Crippen LogP) is 1.17. The lowest BCUT2D eigenvalue weighted by Gasteiger charge is -2.33. The molecule has 0 aromatic carbocycles. The second-order valence-corrected chi connectivity index (χ2v) is 7.27. The molecule has 0 aromatic heterocycles. The molecule has 2 bridgehead atoms. The molecule has 1 heterocycles. The van der Waals surface area contributed by atoms with Gasteiger partial charge in [0.25, 0.3) is 0 Å². The molecule has 0 aromatic rings. The number of carbonyl (C=O) groups is 1. The van der Waals surface area contributed by atoms with E-state index < -0.39 is 0 Å². The van der Waals surface area contributed by atoms with Gasteiger partial charge in [0.2, 0.25) is 5.91 Å². The second-order valence-electron chi connectivity index (χ2n) is 7.27. The van der Waals surface area contributed by atoms with E-state index in [4.69, 9.17) is 0 Å². The zero-order chi connectivity index (χ0) is 14.1. The van der Waals surface area contributed by atoms with E-state index in [9.17, 15) is 4.79 Å². The van der Waals surface area contributed by atoms with Gasteiger partial charge in [-0.1, -0.05) is 6.42 Å². The fourth-order valence-electron chi connectivity index (χ4n) is 4.52. The molecule has 1 N–H and O–H groups in total. The Morgan fingerprint density at radius 1 is 1.20 bits per heavy atom. The topological polar surface area (TPSA) is 35.6 Å². The van der Waals surface area contributed by atoms with Crippen molar-refractivity contribution in [2.24, 2.45) is 17.8 Å². The van der Waals surface area contributed by atoms with Gasteiger partial charge in [-0.2, -0.15) is 0 Å². The average Bonchev–Trinajstić information content (AvgIpc) is 3.03. The monoisotopic (exact) mass is 279 g/mol. The molecule has 4 atom stereocenters. The van der Waals surface area contributed by atoms with Crippen LogP contribution in [0.2, 0.25) is 0 Å². The van der Waals surface area contributed by atoms with Crippen LogP contribution in [0.3, 0.4) is 0 Å². The van der Waals surface area contributed by atoms with Crippen molar-refractivity contribution >= 4 is 5.91 Å². The summed E-state index contributed by atoms with van der Waals surface area (Å²) in [6, 6.07) is 0.366. The molecule has 1 aliphatic heterocycles. The van der Waals surface area contributed by atoms with E-state index >= 15 is 0 Å². The van der Waals surface area contributed by atoms with Crippen molar-refractivity contribution in [3.8, 4) is 0 Å². The lowest BCUT2D eigenvalue weighted by molar-refractivity contribution is -0.123. The summed E-state index contributed by atoms with van der Waals surface area (Å²) in [6.07, 6.45) is 5.60. The molecule has 0 spiro atoms. The number of nitrogens with one attached hydrogen (secondary N) is 1. The van der Waals surface area contributed by atoms with Crippen LogP contribution in [-0.4, -0.2) is 61.5 Å². The summed E-state index contributed by atoms with van der Waals surface area (Å²) < 4.78 is 0. The SMILES string of the molecule is C[C@@H](NC(=O)CN1CCN(C)CC1)[C@H]1C[C@H]2CC[C@H]1C2. The molecule has 0 unspecified atom stereocenters. The van der Waals surface area contributed by atoms with Crippen molar-refractivity contribution in [3.05, 3.63) is 0 Å². The fraction of sp³-hybridized carbons (Fsp3) is 0.938. The third-order valence-electron chi connectivity index (χ3n) is 5.79. The van der Waals surface area contributed by atoms with Crippen LogP contribution in [0.25, 0.3) is 0 Å². The lowest BCUT2D eigenvalue weighted by Crippen LogP contribution is -2.50. The Bertz CT molecular complexity index is 352. The number of nitrogens with zero attached hydrogens (tertiary/aromatic N) is 2. The zero-order valence-corrected chi connectivity index (χ0v) is 13.0. The Hall–Kier alpha value is -0.610. The minimum absolute atomic E-state index is 0.227. The van der Waals surface area contributed by atoms with Gasteiger partial charge in [0, 0.05) is 32.2 Å². The first-order valence-corrected chi connectivity index (χ1v) is 8.32. The van der Waals surface area contributed by atoms with Crippen molar-refractivity contribution in [3.63, 3.8) is 0 Å². The Morgan fingerprint density at radius 2 is 1.95 bits per heavy atom. The largest absolute Gasteiger partial charge is 0.352 e. The van der Waals surface area contributed by atoms with Crippen molar-refractivity contribution in [2.45, 2.75) is 38.6 Å². The number of fused-ring (bicyclic) bond motifs is 2. The molecular formula is C16H29N3O. The van der Waals surface area contributed by atoms with E-state index in [0.717, 1.165) is 43.9 Å². The van der Waals surface area contributed by atoms with Gasteiger partial charge in [0.15, 0.2) is 0 Å². The maximum Gasteiger partial charge on any atom is 0.234 e. The van der Waals surface area contributed by atoms with Gasteiger partial charge in [-0.25, -0.2) is 0 Å². The molecule has 4 heteroatoms. The number of amides is 1. The summed E-state index contributed by atoms with van der Waals surface area (Å²) in [5, 5.41) is 3.27. The number of carbonyl (C=O) groups excluding carboxylic acids is 1. The minimum Gasteiger partial charge on any atom is -0.352 e. The van der Waals surface area contributed by atoms with Gasteiger partial charge < -0.3 is 10.2 Å². The number of rotatable bonds is 4. The summed E-state index contributed by atoms with van der Waals surface area (Å²) in [6.45, 7) is 7.00. The summed E-state index contributed by atoms with van der Waals surface area (Å²) in [5.41, 5.74) is 0. The smallest absolute Gasteiger partial charge is 0.234 e. The molecule has 2 aliphatic carbocycles. The highest BCUT2D eigenvalue weighted by atomic mass is 16.2. The molecule has 3 aliphatic rings. The summed E-state index contributed by atoms with van der Waals surface area (Å²) in [4.78, 5) is 16.8. The molecule has 114 valence electrons. The van der Waals surface area contributed by atoms with Gasteiger partial charge in [-0.15, -0.1) is 0 Å². The molecule has 3 fully saturated rings. The molecule has 1 saturated heterocycles. The third-order valence-corrected chi connectivity index (χ3v) is 5.79. The first kappa shape index (κ1) is 14.3. The Balaban J connectivity index is 1.42. The molecule has 1 amide bonds. The molecule has 3 rings (SSSR count).